The van der Waals surface area contributed by atoms with Crippen molar-refractivity contribution in [2.45, 2.75) is 12.5 Å². The number of hydrogen-bond donors (Lipinski definition) is 1. The van der Waals surface area contributed by atoms with E-state index in [-0.39, 0.29) is 0 Å². The summed E-state index contributed by atoms with van der Waals surface area (Å²) in [6.07, 6.45) is -0.322. The normalized spacial score (nSPS) is 19.6. The highest BCUT2D eigenvalue weighted by Gasteiger charge is 2.16. The Bertz CT molecular complexity index is 400. The number of nitrogens with zero attached hydrogens (tertiary/aromatic N) is 2. The van der Waals surface area contributed by atoms with E-state index >= 15 is 0 Å². The fourth-order valence-corrected chi connectivity index (χ4v) is 2.31. The Kier molecular flexibility index (Phi) is 4.85. The molecule has 1 atom stereocenters. The minimum absolute atomic E-state index is 0.312. The summed E-state index contributed by atoms with van der Waals surface area (Å²) < 4.78 is 26.1. The molecule has 19 heavy (non-hydrogen) atoms. The van der Waals surface area contributed by atoms with Crippen molar-refractivity contribution >= 4 is 0 Å². The Morgan fingerprint density at radius 1 is 1.11 bits per heavy atom. The lowest BCUT2D eigenvalue weighted by Gasteiger charge is -2.32. The quantitative estimate of drug-likeness (QED) is 0.901. The maximum atomic E-state index is 13.1. The molecule has 1 aliphatic heterocycles. The molecule has 0 aliphatic carbocycles. The second-order valence-electron chi connectivity index (χ2n) is 5.15. The summed E-state index contributed by atoms with van der Waals surface area (Å²) in [6.45, 7) is 4.73. The van der Waals surface area contributed by atoms with Crippen LogP contribution in [0.4, 0.5) is 8.78 Å². The number of aliphatic hydroxyl groups excluding tert-OH is 1. The van der Waals surface area contributed by atoms with Gasteiger partial charge < -0.3 is 14.9 Å². The standard InChI is InChI=1S/C14H20F2N2O/c1-17-4-6-18(7-5-17)3-2-14(19)11-8-12(15)10-13(16)9-11/h8-10,14,19H,2-7H2,1H3. The van der Waals surface area contributed by atoms with Gasteiger partial charge in [0.1, 0.15) is 11.6 Å². The van der Waals surface area contributed by atoms with Gasteiger partial charge >= 0.3 is 0 Å². The van der Waals surface area contributed by atoms with E-state index in [0.29, 0.717) is 12.0 Å². The molecular weight excluding hydrogens is 250 g/mol. The first-order valence-electron chi connectivity index (χ1n) is 6.59. The smallest absolute Gasteiger partial charge is 0.126 e. The van der Waals surface area contributed by atoms with Crippen molar-refractivity contribution in [1.82, 2.24) is 9.80 Å². The molecule has 1 unspecified atom stereocenters. The fourth-order valence-electron chi connectivity index (χ4n) is 2.31. The molecule has 3 nitrogen and oxygen atoms in total. The van der Waals surface area contributed by atoms with Crippen LogP contribution in [-0.4, -0.2) is 54.7 Å². The van der Waals surface area contributed by atoms with Crippen molar-refractivity contribution in [2.24, 2.45) is 0 Å². The van der Waals surface area contributed by atoms with Crippen LogP contribution in [0.1, 0.15) is 18.1 Å². The molecule has 1 fully saturated rings. The molecule has 2 rings (SSSR count). The van der Waals surface area contributed by atoms with Gasteiger partial charge in [-0.2, -0.15) is 0 Å². The molecule has 0 saturated carbocycles. The Morgan fingerprint density at radius 3 is 2.26 bits per heavy atom. The van der Waals surface area contributed by atoms with E-state index in [1.165, 1.54) is 12.1 Å². The molecule has 1 aromatic rings. The lowest BCUT2D eigenvalue weighted by molar-refractivity contribution is 0.112. The average Bonchev–Trinajstić information content (AvgIpc) is 2.36. The van der Waals surface area contributed by atoms with E-state index in [1.54, 1.807) is 0 Å². The Labute approximate surface area is 112 Å². The second kappa shape index (κ2) is 6.41. The molecule has 106 valence electrons. The molecule has 1 N–H and O–H groups in total. The van der Waals surface area contributed by atoms with Crippen LogP contribution < -0.4 is 0 Å². The van der Waals surface area contributed by atoms with Crippen LogP contribution in [0.3, 0.4) is 0 Å². The van der Waals surface area contributed by atoms with E-state index in [4.69, 9.17) is 0 Å². The molecule has 0 radical (unpaired) electrons. The minimum Gasteiger partial charge on any atom is -0.388 e. The molecule has 1 aromatic carbocycles. The molecule has 0 amide bonds. The lowest BCUT2D eigenvalue weighted by Crippen LogP contribution is -2.44. The van der Waals surface area contributed by atoms with Gasteiger partial charge in [0.25, 0.3) is 0 Å². The maximum Gasteiger partial charge on any atom is 0.126 e. The van der Waals surface area contributed by atoms with Gasteiger partial charge in [0.15, 0.2) is 0 Å². The number of likely N-dealkylation sites (N-methyl/N-ethyl adjacent to an activating group) is 1. The summed E-state index contributed by atoms with van der Waals surface area (Å²) in [7, 11) is 2.09. The average molecular weight is 270 g/mol. The van der Waals surface area contributed by atoms with Crippen molar-refractivity contribution < 1.29 is 13.9 Å². The Balaban J connectivity index is 1.85. The molecule has 0 aromatic heterocycles. The molecular formula is C14H20F2N2O. The van der Waals surface area contributed by atoms with Gasteiger partial charge in [0, 0.05) is 38.8 Å². The predicted octanol–water partition coefficient (Wildman–Crippen LogP) is 1.64. The van der Waals surface area contributed by atoms with Crippen molar-refractivity contribution in [3.63, 3.8) is 0 Å². The molecule has 0 spiro atoms. The number of rotatable bonds is 4. The van der Waals surface area contributed by atoms with Crippen molar-refractivity contribution in [2.75, 3.05) is 39.8 Å². The first-order chi connectivity index (χ1) is 9.04. The first kappa shape index (κ1) is 14.4. The maximum absolute atomic E-state index is 13.1. The minimum atomic E-state index is -0.815. The predicted molar refractivity (Wildman–Crippen MR) is 69.9 cm³/mol. The van der Waals surface area contributed by atoms with Crippen LogP contribution in [0.2, 0.25) is 0 Å². The van der Waals surface area contributed by atoms with E-state index in [2.05, 4.69) is 16.8 Å². The molecule has 0 bridgehead atoms. The van der Waals surface area contributed by atoms with Gasteiger partial charge in [-0.05, 0) is 31.2 Å². The highest BCUT2D eigenvalue weighted by atomic mass is 19.1. The van der Waals surface area contributed by atoms with Crippen molar-refractivity contribution in [3.05, 3.63) is 35.4 Å². The Hall–Kier alpha value is -1.04. The fraction of sp³-hybridized carbons (Fsp3) is 0.571. The summed E-state index contributed by atoms with van der Waals surface area (Å²) in [5, 5.41) is 9.98. The zero-order valence-electron chi connectivity index (χ0n) is 11.1. The van der Waals surface area contributed by atoms with Crippen molar-refractivity contribution in [1.29, 1.82) is 0 Å². The van der Waals surface area contributed by atoms with E-state index < -0.39 is 17.7 Å². The molecule has 1 saturated heterocycles. The van der Waals surface area contributed by atoms with Crippen LogP contribution in [0.5, 0.6) is 0 Å². The van der Waals surface area contributed by atoms with Crippen LogP contribution in [-0.2, 0) is 0 Å². The summed E-state index contributed by atoms with van der Waals surface area (Å²) in [4.78, 5) is 4.52. The lowest BCUT2D eigenvalue weighted by atomic mass is 10.1. The van der Waals surface area contributed by atoms with E-state index in [9.17, 15) is 13.9 Å². The first-order valence-corrected chi connectivity index (χ1v) is 6.59. The third kappa shape index (κ3) is 4.23. The van der Waals surface area contributed by atoms with Crippen LogP contribution in [0, 0.1) is 11.6 Å². The van der Waals surface area contributed by atoms with Crippen LogP contribution in [0.15, 0.2) is 18.2 Å². The van der Waals surface area contributed by atoms with Crippen LogP contribution in [0.25, 0.3) is 0 Å². The topological polar surface area (TPSA) is 26.7 Å². The largest absolute Gasteiger partial charge is 0.388 e. The van der Waals surface area contributed by atoms with Crippen LogP contribution >= 0.6 is 0 Å². The third-order valence-electron chi connectivity index (χ3n) is 3.58. The summed E-state index contributed by atoms with van der Waals surface area (Å²) in [5.74, 6) is -1.29. The van der Waals surface area contributed by atoms with Crippen molar-refractivity contribution in [3.8, 4) is 0 Å². The van der Waals surface area contributed by atoms with E-state index in [1.807, 2.05) is 0 Å². The monoisotopic (exact) mass is 270 g/mol. The van der Waals surface area contributed by atoms with Gasteiger partial charge in [-0.3, -0.25) is 0 Å². The summed E-state index contributed by atoms with van der Waals surface area (Å²) in [6, 6.07) is 3.20. The zero-order chi connectivity index (χ0) is 13.8. The highest BCUT2D eigenvalue weighted by Crippen LogP contribution is 2.19. The van der Waals surface area contributed by atoms with Gasteiger partial charge in [-0.1, -0.05) is 0 Å². The Morgan fingerprint density at radius 2 is 1.68 bits per heavy atom. The molecule has 5 heteroatoms. The SMILES string of the molecule is CN1CCN(CCC(O)c2cc(F)cc(F)c2)CC1. The number of halogens is 2. The van der Waals surface area contributed by atoms with Gasteiger partial charge in [-0.15, -0.1) is 0 Å². The zero-order valence-corrected chi connectivity index (χ0v) is 11.1. The van der Waals surface area contributed by atoms with E-state index in [0.717, 1.165) is 38.8 Å². The van der Waals surface area contributed by atoms with Gasteiger partial charge in [0.2, 0.25) is 0 Å². The second-order valence-corrected chi connectivity index (χ2v) is 5.15. The molecule has 1 heterocycles. The summed E-state index contributed by atoms with van der Waals surface area (Å²) >= 11 is 0. The highest BCUT2D eigenvalue weighted by molar-refractivity contribution is 5.20. The number of piperazine rings is 1. The summed E-state index contributed by atoms with van der Waals surface area (Å²) in [5.41, 5.74) is 0.312. The van der Waals surface area contributed by atoms with Gasteiger partial charge in [-0.25, -0.2) is 8.78 Å². The van der Waals surface area contributed by atoms with Gasteiger partial charge in [0.05, 0.1) is 6.10 Å². The number of hydrogen-bond acceptors (Lipinski definition) is 3. The third-order valence-corrected chi connectivity index (χ3v) is 3.58. The number of benzene rings is 1. The molecule has 1 aliphatic rings. The number of aliphatic hydroxyl groups is 1.